The number of carbonyl (C=O) groups excluding carboxylic acids is 4. The van der Waals surface area contributed by atoms with Crippen molar-refractivity contribution in [3.05, 3.63) is 155 Å². The summed E-state index contributed by atoms with van der Waals surface area (Å²) in [5.74, 6) is -3.08. The first-order valence-electron chi connectivity index (χ1n) is 24.2. The molecule has 0 aliphatic rings. The smallest absolute Gasteiger partial charge is 0.337 e. The number of rotatable bonds is 26. The van der Waals surface area contributed by atoms with Crippen molar-refractivity contribution in [2.45, 2.75) is 109 Å². The molecule has 0 saturated carbocycles. The summed E-state index contributed by atoms with van der Waals surface area (Å²) in [6.45, 7) is 7.05. The van der Waals surface area contributed by atoms with Crippen LogP contribution in [-0.2, 0) is 32.5 Å². The fourth-order valence-electron chi connectivity index (χ4n) is 8.54. The van der Waals surface area contributed by atoms with Gasteiger partial charge in [0, 0.05) is 18.7 Å². The first kappa shape index (κ1) is 52.7. The molecule has 12 nitrogen and oxygen atoms in total. The molecule has 2 amide bonds. The van der Waals surface area contributed by atoms with Crippen molar-refractivity contribution in [2.75, 3.05) is 23.7 Å². The molecule has 6 aromatic rings. The number of unbranched alkanes of at least 4 members (excludes halogenated alkanes) is 9. The average Bonchev–Trinajstić information content (AvgIpc) is 3.73. The van der Waals surface area contributed by atoms with E-state index in [1.54, 1.807) is 24.3 Å². The minimum Gasteiger partial charge on any atom is -0.470 e. The number of nitrogens with zero attached hydrogens (tertiary/aromatic N) is 1. The maximum Gasteiger partial charge on any atom is 0.337 e. The number of esters is 1. The number of amides is 2. The van der Waals surface area contributed by atoms with Crippen molar-refractivity contribution >= 4 is 56.6 Å². The molecule has 1 heterocycles. The number of aromatic nitrogens is 1. The maximum atomic E-state index is 15.7. The van der Waals surface area contributed by atoms with Gasteiger partial charge in [0.1, 0.15) is 5.75 Å². The summed E-state index contributed by atoms with van der Waals surface area (Å²) in [5, 5.41) is 5.83. The molecular weight excluding hydrogens is 924 g/mol. The zero-order valence-electron chi connectivity index (χ0n) is 40.4. The molecule has 0 bridgehead atoms. The predicted octanol–water partition coefficient (Wildman–Crippen LogP) is 12.6. The standard InChI is InChI=1S/C56H63ClN4O8S/c1-5-8-9-10-11-12-13-14-15-25-36-58-54(63)41-32-34-45(57)46(37-41)59-55(64)53(69-48-35-33-42(56(65)68-4)38-47(48)60-70(66,67)43-30-23-18-24-31-43)52(62)49-44(6-2)50(39-26-19-16-20-27-39)61(7-3)51(49)40-28-21-17-22-29-40/h16-24,26-35,37-38,53,60H,5-15,25,36H2,1-4H3,(H,58,63)(H,59,64). The van der Waals surface area contributed by atoms with Crippen LogP contribution in [0.3, 0.4) is 0 Å². The van der Waals surface area contributed by atoms with Crippen LogP contribution in [0, 0.1) is 0 Å². The molecule has 70 heavy (non-hydrogen) atoms. The fraction of sp³-hybridized carbons (Fsp3) is 0.321. The molecule has 14 heteroatoms. The van der Waals surface area contributed by atoms with E-state index in [9.17, 15) is 18.0 Å². The number of halogens is 1. The van der Waals surface area contributed by atoms with Gasteiger partial charge in [-0.05, 0) is 85.0 Å². The molecule has 0 spiro atoms. The molecule has 0 aliphatic carbocycles. The lowest BCUT2D eigenvalue weighted by Crippen LogP contribution is -2.40. The van der Waals surface area contributed by atoms with E-state index in [-0.39, 0.29) is 49.6 Å². The van der Waals surface area contributed by atoms with Crippen LogP contribution in [0.5, 0.6) is 5.75 Å². The number of benzene rings is 5. The van der Waals surface area contributed by atoms with Gasteiger partial charge in [0.15, 0.2) is 0 Å². The molecule has 1 unspecified atom stereocenters. The molecule has 0 saturated heterocycles. The first-order chi connectivity index (χ1) is 33.9. The third-order valence-electron chi connectivity index (χ3n) is 12.1. The third-order valence-corrected chi connectivity index (χ3v) is 13.8. The van der Waals surface area contributed by atoms with Crippen molar-refractivity contribution in [3.8, 4) is 28.3 Å². The van der Waals surface area contributed by atoms with Crippen molar-refractivity contribution in [2.24, 2.45) is 0 Å². The number of hydrogen-bond acceptors (Lipinski definition) is 8. The lowest BCUT2D eigenvalue weighted by molar-refractivity contribution is -0.120. The highest BCUT2D eigenvalue weighted by atomic mass is 35.5. The fourth-order valence-corrected chi connectivity index (χ4v) is 9.79. The van der Waals surface area contributed by atoms with Crippen LogP contribution in [0.15, 0.2) is 132 Å². The van der Waals surface area contributed by atoms with Gasteiger partial charge < -0.3 is 24.7 Å². The van der Waals surface area contributed by atoms with Crippen LogP contribution in [-0.4, -0.2) is 56.3 Å². The molecule has 0 fully saturated rings. The number of carbonyl (C=O) groups is 4. The van der Waals surface area contributed by atoms with Gasteiger partial charge in [0.2, 0.25) is 11.9 Å². The second-order valence-corrected chi connectivity index (χ2v) is 19.1. The zero-order chi connectivity index (χ0) is 50.0. The summed E-state index contributed by atoms with van der Waals surface area (Å²) in [4.78, 5) is 57.0. The highest BCUT2D eigenvalue weighted by Gasteiger charge is 2.38. The van der Waals surface area contributed by atoms with Crippen molar-refractivity contribution in [1.82, 2.24) is 9.88 Å². The number of anilines is 2. The molecule has 1 atom stereocenters. The largest absolute Gasteiger partial charge is 0.470 e. The van der Waals surface area contributed by atoms with Crippen molar-refractivity contribution in [3.63, 3.8) is 0 Å². The van der Waals surface area contributed by atoms with Gasteiger partial charge >= 0.3 is 5.97 Å². The van der Waals surface area contributed by atoms with Gasteiger partial charge in [-0.25, -0.2) is 13.2 Å². The number of nitrogens with one attached hydrogen (secondary N) is 3. The Labute approximate surface area is 417 Å². The lowest BCUT2D eigenvalue weighted by atomic mass is 9.94. The van der Waals surface area contributed by atoms with Gasteiger partial charge in [-0.15, -0.1) is 0 Å². The van der Waals surface area contributed by atoms with Gasteiger partial charge in [-0.2, -0.15) is 0 Å². The Kier molecular flexibility index (Phi) is 19.4. The van der Waals surface area contributed by atoms with Crippen molar-refractivity contribution < 1.29 is 37.1 Å². The Hall–Kier alpha value is -6.70. The first-order valence-corrected chi connectivity index (χ1v) is 26.0. The van der Waals surface area contributed by atoms with Gasteiger partial charge in [-0.1, -0.05) is 162 Å². The molecular formula is C56H63ClN4O8S. The molecule has 0 radical (unpaired) electrons. The maximum absolute atomic E-state index is 15.7. The van der Waals surface area contributed by atoms with Crippen molar-refractivity contribution in [1.29, 1.82) is 0 Å². The highest BCUT2D eigenvalue weighted by Crippen LogP contribution is 2.40. The van der Waals surface area contributed by atoms with Crippen LogP contribution in [0.1, 0.15) is 122 Å². The van der Waals surface area contributed by atoms with E-state index >= 15 is 9.59 Å². The summed E-state index contributed by atoms with van der Waals surface area (Å²) >= 11 is 6.71. The molecule has 368 valence electrons. The van der Waals surface area contributed by atoms with Gasteiger partial charge in [0.05, 0.1) is 50.9 Å². The number of sulfonamides is 1. The van der Waals surface area contributed by atoms with E-state index in [4.69, 9.17) is 21.1 Å². The highest BCUT2D eigenvalue weighted by molar-refractivity contribution is 7.92. The van der Waals surface area contributed by atoms with Crippen LogP contribution in [0.25, 0.3) is 22.5 Å². The summed E-state index contributed by atoms with van der Waals surface area (Å²) < 4.78 is 43.6. The summed E-state index contributed by atoms with van der Waals surface area (Å²) in [7, 11) is -3.13. The quantitative estimate of drug-likeness (QED) is 0.0209. The molecule has 6 rings (SSSR count). The SMILES string of the molecule is CCCCCCCCCCCCNC(=O)c1ccc(Cl)c(NC(=O)C(Oc2ccc(C(=O)OC)cc2NS(=O)(=O)c2ccccc2)C(=O)c2c(CC)c(-c3ccccc3)n(CC)c2-c2ccccc2)c1. The Bertz CT molecular complexity index is 2840. The summed E-state index contributed by atoms with van der Waals surface area (Å²) in [6.07, 6.45) is 10.0. The van der Waals surface area contributed by atoms with E-state index < -0.39 is 33.8 Å². The minimum atomic E-state index is -4.31. The Morgan fingerprint density at radius 1 is 0.657 bits per heavy atom. The molecule has 0 aliphatic heterocycles. The molecule has 5 aromatic carbocycles. The van der Waals surface area contributed by atoms with E-state index in [1.807, 2.05) is 79.1 Å². The number of ether oxygens (including phenoxy) is 2. The van der Waals surface area contributed by atoms with E-state index in [1.165, 1.54) is 94.5 Å². The number of hydrogen-bond donors (Lipinski definition) is 3. The van der Waals surface area contributed by atoms with Crippen LogP contribution in [0.4, 0.5) is 11.4 Å². The average molecular weight is 988 g/mol. The summed E-state index contributed by atoms with van der Waals surface area (Å²) in [6, 6.07) is 34.9. The van der Waals surface area contributed by atoms with E-state index in [2.05, 4.69) is 22.3 Å². The topological polar surface area (TPSA) is 162 Å². The third kappa shape index (κ3) is 13.3. The van der Waals surface area contributed by atoms with Gasteiger partial charge in [-0.3, -0.25) is 19.1 Å². The molecule has 3 N–H and O–H groups in total. The zero-order valence-corrected chi connectivity index (χ0v) is 42.0. The van der Waals surface area contributed by atoms with Crippen LogP contribution in [0.2, 0.25) is 5.02 Å². The minimum absolute atomic E-state index is 0.0323. The number of Topliss-reactive ketones (excluding diaryl/α,β-unsaturated/α-hetero) is 1. The second kappa shape index (κ2) is 25.8. The Morgan fingerprint density at radius 2 is 1.21 bits per heavy atom. The lowest BCUT2D eigenvalue weighted by Gasteiger charge is -2.22. The second-order valence-electron chi connectivity index (χ2n) is 17.0. The van der Waals surface area contributed by atoms with E-state index in [0.29, 0.717) is 36.3 Å². The predicted molar refractivity (Wildman–Crippen MR) is 278 cm³/mol. The Morgan fingerprint density at radius 3 is 1.80 bits per heavy atom. The summed E-state index contributed by atoms with van der Waals surface area (Å²) in [5.41, 5.74) is 3.77. The monoisotopic (exact) mass is 986 g/mol. The Balaban J connectivity index is 1.39. The van der Waals surface area contributed by atoms with Crippen LogP contribution < -0.4 is 20.1 Å². The number of ketones is 1. The number of methoxy groups -OCH3 is 1. The molecule has 1 aromatic heterocycles. The normalized spacial score (nSPS) is 11.7. The van der Waals surface area contributed by atoms with Crippen LogP contribution >= 0.6 is 11.6 Å². The van der Waals surface area contributed by atoms with Gasteiger partial charge in [0.25, 0.3) is 21.8 Å². The van der Waals surface area contributed by atoms with E-state index in [0.717, 1.165) is 30.5 Å².